The third kappa shape index (κ3) is 6.82. The second-order valence-electron chi connectivity index (χ2n) is 14.6. The van der Waals surface area contributed by atoms with E-state index in [9.17, 15) is 14.4 Å². The molecule has 2 aromatic carbocycles. The number of likely N-dealkylation sites (tertiary alicyclic amines) is 2. The number of nitrogen functional groups attached to an aromatic ring is 1. The van der Waals surface area contributed by atoms with Gasteiger partial charge in [-0.05, 0) is 61.4 Å². The number of carbonyl (C=O) groups is 3. The van der Waals surface area contributed by atoms with E-state index in [1.54, 1.807) is 16.9 Å². The highest BCUT2D eigenvalue weighted by molar-refractivity contribution is 6.03. The number of ether oxygens (including phenoxy) is 1. The molecule has 4 saturated heterocycles. The first-order valence-corrected chi connectivity index (χ1v) is 18.6. The molecule has 16 heteroatoms. The standard InChI is InChI=1S/C39H40FN11O4/c40-29-21-48(25-17-50(18-25)26-19-49(20-26)24-8-11-30(42-16-24)38(53)45-31-12-13-33(52)46-39(31)54)15-14-32(29)51-37-34(36(41)43-22-44-37)35(47-51)23-6-9-28(10-7-23)55-27-4-2-1-3-5-27/h1-11,16,22,25-26,29,31-32H,12-15,17-21H2,(H,45,53)(H2,41,43,44)(H,46,52,54)/t29-,31?,32+/m1/s1. The zero-order chi connectivity index (χ0) is 37.6. The van der Waals surface area contributed by atoms with Gasteiger partial charge in [0, 0.05) is 63.3 Å². The molecule has 0 spiro atoms. The highest BCUT2D eigenvalue weighted by Crippen LogP contribution is 2.37. The van der Waals surface area contributed by atoms with Gasteiger partial charge in [-0.15, -0.1) is 0 Å². The van der Waals surface area contributed by atoms with Crippen molar-refractivity contribution in [2.75, 3.05) is 49.9 Å². The lowest BCUT2D eigenvalue weighted by Crippen LogP contribution is -2.70. The molecule has 3 atom stereocenters. The normalized spacial score (nSPS) is 22.6. The number of nitrogens with one attached hydrogen (secondary N) is 2. The Balaban J connectivity index is 0.779. The Kier molecular flexibility index (Phi) is 9.06. The van der Waals surface area contributed by atoms with Crippen molar-refractivity contribution in [3.05, 3.63) is 84.9 Å². The third-order valence-corrected chi connectivity index (χ3v) is 11.2. The summed E-state index contributed by atoms with van der Waals surface area (Å²) in [4.78, 5) is 56.0. The van der Waals surface area contributed by atoms with Crippen molar-refractivity contribution in [1.29, 1.82) is 0 Å². The van der Waals surface area contributed by atoms with Crippen LogP contribution >= 0.6 is 0 Å². The van der Waals surface area contributed by atoms with Crippen LogP contribution < -0.4 is 26.0 Å². The summed E-state index contributed by atoms with van der Waals surface area (Å²) in [6, 6.07) is 20.1. The molecule has 4 aliphatic heterocycles. The molecule has 0 aliphatic carbocycles. The van der Waals surface area contributed by atoms with Gasteiger partial charge >= 0.3 is 0 Å². The first-order chi connectivity index (χ1) is 26.8. The Morgan fingerprint density at radius 1 is 0.873 bits per heavy atom. The van der Waals surface area contributed by atoms with E-state index < -0.39 is 30.1 Å². The quantitative estimate of drug-likeness (QED) is 0.189. The van der Waals surface area contributed by atoms with E-state index in [0.29, 0.717) is 47.3 Å². The topological polar surface area (TPSA) is 177 Å². The van der Waals surface area contributed by atoms with Gasteiger partial charge in [0.15, 0.2) is 5.65 Å². The van der Waals surface area contributed by atoms with Crippen molar-refractivity contribution < 1.29 is 23.5 Å². The number of nitrogens with two attached hydrogens (primary N) is 1. The van der Waals surface area contributed by atoms with Crippen LogP contribution in [-0.2, 0) is 9.59 Å². The molecule has 4 N–H and O–H groups in total. The molecule has 4 aliphatic rings. The van der Waals surface area contributed by atoms with Crippen molar-refractivity contribution in [3.63, 3.8) is 0 Å². The van der Waals surface area contributed by atoms with Gasteiger partial charge in [-0.2, -0.15) is 5.10 Å². The van der Waals surface area contributed by atoms with Gasteiger partial charge in [-0.3, -0.25) is 29.5 Å². The van der Waals surface area contributed by atoms with E-state index in [2.05, 4.69) is 40.3 Å². The van der Waals surface area contributed by atoms with Crippen LogP contribution in [0.25, 0.3) is 22.3 Å². The predicted octanol–water partition coefficient (Wildman–Crippen LogP) is 2.96. The van der Waals surface area contributed by atoms with Crippen LogP contribution in [0.4, 0.5) is 15.9 Å². The summed E-state index contributed by atoms with van der Waals surface area (Å²) in [5.74, 6) is 0.442. The first kappa shape index (κ1) is 34.7. The average molecular weight is 746 g/mol. The van der Waals surface area contributed by atoms with Crippen molar-refractivity contribution >= 4 is 40.3 Å². The summed E-state index contributed by atoms with van der Waals surface area (Å²) in [5.41, 5.74) is 9.44. The molecule has 55 heavy (non-hydrogen) atoms. The number of hydrogen-bond acceptors (Lipinski definition) is 12. The van der Waals surface area contributed by atoms with E-state index >= 15 is 4.39 Å². The number of fused-ring (bicyclic) bond motifs is 1. The summed E-state index contributed by atoms with van der Waals surface area (Å²) in [7, 11) is 0. The van der Waals surface area contributed by atoms with E-state index in [4.69, 9.17) is 15.6 Å². The summed E-state index contributed by atoms with van der Waals surface area (Å²) in [5, 5.41) is 10.4. The maximum Gasteiger partial charge on any atom is 0.270 e. The maximum atomic E-state index is 16.1. The van der Waals surface area contributed by atoms with Crippen LogP contribution in [-0.4, -0.2) is 116 Å². The smallest absolute Gasteiger partial charge is 0.270 e. The molecule has 282 valence electrons. The Labute approximate surface area is 315 Å². The number of hydrogen-bond donors (Lipinski definition) is 3. The third-order valence-electron chi connectivity index (χ3n) is 11.2. The molecule has 7 heterocycles. The van der Waals surface area contributed by atoms with Crippen LogP contribution in [0.2, 0.25) is 0 Å². The van der Waals surface area contributed by atoms with Gasteiger partial charge in [0.05, 0.1) is 23.3 Å². The number of anilines is 2. The molecule has 0 radical (unpaired) electrons. The number of rotatable bonds is 9. The number of amides is 3. The number of imide groups is 1. The number of para-hydroxylation sites is 1. The molecule has 0 bridgehead atoms. The zero-order valence-electron chi connectivity index (χ0n) is 29.9. The molecule has 0 saturated carbocycles. The lowest BCUT2D eigenvalue weighted by atomic mass is 9.95. The molecule has 5 aromatic rings. The zero-order valence-corrected chi connectivity index (χ0v) is 29.9. The SMILES string of the molecule is Nc1ncnc2c1c(-c1ccc(Oc3ccccc3)cc1)nn2[C@H]1CCN(C2CN(C3CN(c4ccc(C(=O)NC5CCC(=O)NC5=O)nc4)C3)C2)C[C@H]1F. The average Bonchev–Trinajstić information content (AvgIpc) is 3.54. The molecular formula is C39H40FN11O4. The number of aromatic nitrogens is 5. The van der Waals surface area contributed by atoms with Crippen LogP contribution in [0.3, 0.4) is 0 Å². The first-order valence-electron chi connectivity index (χ1n) is 18.6. The Hall–Kier alpha value is -6.00. The maximum absolute atomic E-state index is 16.1. The van der Waals surface area contributed by atoms with Crippen molar-refractivity contribution in [2.45, 2.75) is 49.6 Å². The molecule has 15 nitrogen and oxygen atoms in total. The minimum atomic E-state index is -1.14. The summed E-state index contributed by atoms with van der Waals surface area (Å²) in [6.45, 7) is 4.52. The largest absolute Gasteiger partial charge is 0.457 e. The second-order valence-corrected chi connectivity index (χ2v) is 14.6. The van der Waals surface area contributed by atoms with Crippen LogP contribution in [0.1, 0.15) is 35.8 Å². The van der Waals surface area contributed by atoms with Crippen LogP contribution in [0.5, 0.6) is 11.5 Å². The number of carbonyl (C=O) groups excluding carboxylic acids is 3. The fourth-order valence-corrected chi connectivity index (χ4v) is 7.94. The number of piperidine rings is 2. The minimum Gasteiger partial charge on any atom is -0.457 e. The van der Waals surface area contributed by atoms with Crippen molar-refractivity contribution in [2.24, 2.45) is 0 Å². The van der Waals surface area contributed by atoms with E-state index in [1.165, 1.54) is 6.33 Å². The lowest BCUT2D eigenvalue weighted by molar-refractivity contribution is -0.134. The number of alkyl halides is 1. The van der Waals surface area contributed by atoms with E-state index in [0.717, 1.165) is 49.7 Å². The monoisotopic (exact) mass is 745 g/mol. The van der Waals surface area contributed by atoms with Crippen LogP contribution in [0.15, 0.2) is 79.3 Å². The summed E-state index contributed by atoms with van der Waals surface area (Å²) < 4.78 is 23.8. The number of halogens is 1. The van der Waals surface area contributed by atoms with Crippen LogP contribution in [0, 0.1) is 0 Å². The van der Waals surface area contributed by atoms with Gasteiger partial charge in [0.2, 0.25) is 11.8 Å². The van der Waals surface area contributed by atoms with Gasteiger partial charge in [-0.1, -0.05) is 18.2 Å². The summed E-state index contributed by atoms with van der Waals surface area (Å²) in [6.07, 6.45) is 2.98. The second kappa shape index (κ2) is 14.3. The van der Waals surface area contributed by atoms with E-state index in [1.807, 2.05) is 60.7 Å². The Bertz CT molecular complexity index is 2220. The van der Waals surface area contributed by atoms with Crippen molar-refractivity contribution in [3.8, 4) is 22.8 Å². The summed E-state index contributed by atoms with van der Waals surface area (Å²) >= 11 is 0. The van der Waals surface area contributed by atoms with Gasteiger partial charge < -0.3 is 20.7 Å². The van der Waals surface area contributed by atoms with Gasteiger partial charge in [0.25, 0.3) is 5.91 Å². The molecular weight excluding hydrogens is 706 g/mol. The van der Waals surface area contributed by atoms with Gasteiger partial charge in [0.1, 0.15) is 47.2 Å². The number of nitrogens with zero attached hydrogens (tertiary/aromatic N) is 8. The lowest BCUT2D eigenvalue weighted by Gasteiger charge is -2.55. The highest BCUT2D eigenvalue weighted by atomic mass is 19.1. The predicted molar refractivity (Wildman–Crippen MR) is 201 cm³/mol. The highest BCUT2D eigenvalue weighted by Gasteiger charge is 2.44. The van der Waals surface area contributed by atoms with Gasteiger partial charge in [-0.25, -0.2) is 24.0 Å². The fraction of sp³-hybridized carbons (Fsp3) is 0.359. The van der Waals surface area contributed by atoms with Crippen molar-refractivity contribution in [1.82, 2.24) is 45.2 Å². The number of pyridine rings is 1. The number of benzene rings is 2. The molecule has 9 rings (SSSR count). The molecule has 3 amide bonds. The molecule has 4 fully saturated rings. The molecule has 3 aromatic heterocycles. The minimum absolute atomic E-state index is 0.187. The Morgan fingerprint density at radius 3 is 2.36 bits per heavy atom. The Morgan fingerprint density at radius 2 is 1.64 bits per heavy atom. The van der Waals surface area contributed by atoms with E-state index in [-0.39, 0.29) is 30.5 Å². The molecule has 1 unspecified atom stereocenters. The fourth-order valence-electron chi connectivity index (χ4n) is 7.94.